The van der Waals surface area contributed by atoms with Crippen LogP contribution in [0.2, 0.25) is 0 Å². The number of phenols is 1. The van der Waals surface area contributed by atoms with Crippen LogP contribution in [-0.4, -0.2) is 32.4 Å². The van der Waals surface area contributed by atoms with Crippen LogP contribution in [0, 0.1) is 0 Å². The molecule has 1 aliphatic rings. The van der Waals surface area contributed by atoms with Gasteiger partial charge in [0.05, 0.1) is 18.5 Å². The summed E-state index contributed by atoms with van der Waals surface area (Å²) in [4.78, 5) is 13.0. The molecule has 0 radical (unpaired) electrons. The van der Waals surface area contributed by atoms with Crippen LogP contribution in [0.1, 0.15) is 21.6 Å². The van der Waals surface area contributed by atoms with Gasteiger partial charge in [-0.2, -0.15) is 5.06 Å². The van der Waals surface area contributed by atoms with Crippen molar-refractivity contribution in [2.24, 2.45) is 0 Å². The van der Waals surface area contributed by atoms with Crippen molar-refractivity contribution in [1.82, 2.24) is 9.63 Å². The minimum absolute atomic E-state index is 0.0617. The molecule has 2 N–H and O–H groups in total. The number of hydrogen-bond donors (Lipinski definition) is 2. The molecular weight excluding hydrogens is 304 g/mol. The molecule has 0 saturated heterocycles. The third-order valence-corrected chi connectivity index (χ3v) is 4.58. The molecule has 5 nitrogen and oxygen atoms in total. The predicted octanol–water partition coefficient (Wildman–Crippen LogP) is 2.98. The first-order chi connectivity index (χ1) is 11.6. The number of fused-ring (bicyclic) bond motifs is 3. The van der Waals surface area contributed by atoms with E-state index in [4.69, 9.17) is 0 Å². The van der Waals surface area contributed by atoms with E-state index in [0.717, 1.165) is 22.2 Å². The van der Waals surface area contributed by atoms with Crippen molar-refractivity contribution in [1.29, 1.82) is 0 Å². The molecule has 24 heavy (non-hydrogen) atoms. The Hall–Kier alpha value is -2.63. The summed E-state index contributed by atoms with van der Waals surface area (Å²) in [5.74, 6) is 0.120. The van der Waals surface area contributed by atoms with E-state index in [1.165, 1.54) is 5.06 Å². The summed E-state index contributed by atoms with van der Waals surface area (Å²) < 4.78 is 1.65. The van der Waals surface area contributed by atoms with E-state index in [2.05, 4.69) is 0 Å². The fourth-order valence-corrected chi connectivity index (χ4v) is 3.51. The van der Waals surface area contributed by atoms with Crippen molar-refractivity contribution in [3.8, 4) is 5.75 Å². The average molecular weight is 322 g/mol. The van der Waals surface area contributed by atoms with Crippen LogP contribution < -0.4 is 0 Å². The number of aromatic hydroxyl groups is 1. The normalized spacial score (nSPS) is 14.7. The summed E-state index contributed by atoms with van der Waals surface area (Å²) in [6.45, 7) is 0.775. The lowest BCUT2D eigenvalue weighted by Gasteiger charge is -2.22. The second-order valence-corrected chi connectivity index (χ2v) is 6.13. The highest BCUT2D eigenvalue weighted by atomic mass is 16.5. The quantitative estimate of drug-likeness (QED) is 0.761. The molecule has 1 aliphatic heterocycles. The maximum atomic E-state index is 13.0. The molecule has 3 aromatic rings. The molecule has 4 rings (SSSR count). The molecule has 0 aliphatic carbocycles. The Morgan fingerprint density at radius 1 is 1.08 bits per heavy atom. The highest BCUT2D eigenvalue weighted by molar-refractivity contribution is 5.99. The summed E-state index contributed by atoms with van der Waals surface area (Å²) in [7, 11) is 0. The van der Waals surface area contributed by atoms with Gasteiger partial charge < -0.3 is 10.3 Å². The van der Waals surface area contributed by atoms with E-state index in [1.807, 2.05) is 36.4 Å². The molecule has 0 fully saturated rings. The molecule has 2 aromatic carbocycles. The van der Waals surface area contributed by atoms with Gasteiger partial charge in [0.2, 0.25) is 5.91 Å². The van der Waals surface area contributed by atoms with Crippen LogP contribution in [-0.2, 0) is 19.4 Å². The van der Waals surface area contributed by atoms with Crippen LogP contribution >= 0.6 is 0 Å². The van der Waals surface area contributed by atoms with E-state index in [0.29, 0.717) is 18.5 Å². The van der Waals surface area contributed by atoms with E-state index < -0.39 is 0 Å². The number of rotatable bonds is 2. The molecule has 1 aromatic heterocycles. The summed E-state index contributed by atoms with van der Waals surface area (Å²) in [6, 6.07) is 14.8. The molecule has 0 unspecified atom stereocenters. The van der Waals surface area contributed by atoms with Crippen molar-refractivity contribution >= 4 is 16.8 Å². The van der Waals surface area contributed by atoms with Crippen molar-refractivity contribution in [2.75, 3.05) is 6.54 Å². The number of phenolic OH excluding ortho intramolecular Hbond substituents is 1. The number of nitrogens with zero attached hydrogens (tertiary/aromatic N) is 2. The highest BCUT2D eigenvalue weighted by Gasteiger charge is 2.27. The van der Waals surface area contributed by atoms with Crippen LogP contribution in [0.5, 0.6) is 5.75 Å². The van der Waals surface area contributed by atoms with Crippen molar-refractivity contribution in [3.05, 3.63) is 65.4 Å². The Balaban J connectivity index is 1.87. The maximum absolute atomic E-state index is 13.0. The third-order valence-electron chi connectivity index (χ3n) is 4.58. The minimum Gasteiger partial charge on any atom is -0.507 e. The SMILES string of the molecule is O=C(Cc1ccccc1)n1c2c(c3c(O)cccc31)CCN(O)C2. The van der Waals surface area contributed by atoms with Crippen molar-refractivity contribution < 1.29 is 15.1 Å². The average Bonchev–Trinajstić information content (AvgIpc) is 2.90. The first kappa shape index (κ1) is 14.9. The van der Waals surface area contributed by atoms with Gasteiger partial charge >= 0.3 is 0 Å². The van der Waals surface area contributed by atoms with Gasteiger partial charge in [0.1, 0.15) is 5.75 Å². The molecule has 0 saturated carbocycles. The summed E-state index contributed by atoms with van der Waals surface area (Å²) in [5, 5.41) is 22.1. The van der Waals surface area contributed by atoms with Gasteiger partial charge in [-0.15, -0.1) is 0 Å². The summed E-state index contributed by atoms with van der Waals surface area (Å²) in [5.41, 5.74) is 3.36. The Labute approximate surface area is 139 Å². The molecule has 2 heterocycles. The van der Waals surface area contributed by atoms with Gasteiger partial charge in [-0.1, -0.05) is 36.4 Å². The molecule has 0 atom stereocenters. The number of carbonyl (C=O) groups excluding carboxylic acids is 1. The Morgan fingerprint density at radius 3 is 2.67 bits per heavy atom. The van der Waals surface area contributed by atoms with Crippen molar-refractivity contribution in [3.63, 3.8) is 0 Å². The smallest absolute Gasteiger partial charge is 0.235 e. The first-order valence-corrected chi connectivity index (χ1v) is 8.00. The van der Waals surface area contributed by atoms with Crippen LogP contribution in [0.15, 0.2) is 48.5 Å². The molecule has 0 amide bonds. The first-order valence-electron chi connectivity index (χ1n) is 8.00. The Kier molecular flexibility index (Phi) is 3.59. The van der Waals surface area contributed by atoms with E-state index in [9.17, 15) is 15.1 Å². The Bertz CT molecular complexity index is 915. The number of carbonyl (C=O) groups is 1. The fourth-order valence-electron chi connectivity index (χ4n) is 3.51. The molecule has 0 spiro atoms. The van der Waals surface area contributed by atoms with E-state index in [-0.39, 0.29) is 24.6 Å². The predicted molar refractivity (Wildman–Crippen MR) is 90.3 cm³/mol. The van der Waals surface area contributed by atoms with Crippen LogP contribution in [0.3, 0.4) is 0 Å². The standard InChI is InChI=1S/C19H18N2O3/c22-17-8-4-7-15-19(17)14-9-10-20(24)12-16(14)21(15)18(23)11-13-5-2-1-3-6-13/h1-8,22,24H,9-12H2. The van der Waals surface area contributed by atoms with Gasteiger partial charge in [0.25, 0.3) is 0 Å². The lowest BCUT2D eigenvalue weighted by atomic mass is 10.0. The van der Waals surface area contributed by atoms with Crippen molar-refractivity contribution in [2.45, 2.75) is 19.4 Å². The maximum Gasteiger partial charge on any atom is 0.235 e. The summed E-state index contributed by atoms with van der Waals surface area (Å²) in [6.07, 6.45) is 0.879. The number of aromatic nitrogens is 1. The summed E-state index contributed by atoms with van der Waals surface area (Å²) >= 11 is 0. The zero-order chi connectivity index (χ0) is 16.7. The van der Waals surface area contributed by atoms with Gasteiger partial charge in [0, 0.05) is 17.6 Å². The van der Waals surface area contributed by atoms with E-state index >= 15 is 0 Å². The van der Waals surface area contributed by atoms with Crippen LogP contribution in [0.25, 0.3) is 10.9 Å². The third kappa shape index (κ3) is 2.38. The Morgan fingerprint density at radius 2 is 1.88 bits per heavy atom. The van der Waals surface area contributed by atoms with Gasteiger partial charge in [0.15, 0.2) is 0 Å². The minimum atomic E-state index is -0.0617. The lowest BCUT2D eigenvalue weighted by molar-refractivity contribution is -0.104. The zero-order valence-corrected chi connectivity index (χ0v) is 13.1. The highest BCUT2D eigenvalue weighted by Crippen LogP contribution is 2.36. The van der Waals surface area contributed by atoms with Crippen LogP contribution in [0.4, 0.5) is 0 Å². The largest absolute Gasteiger partial charge is 0.507 e. The number of hydrogen-bond acceptors (Lipinski definition) is 4. The molecule has 5 heteroatoms. The topological polar surface area (TPSA) is 65.7 Å². The number of benzene rings is 2. The zero-order valence-electron chi connectivity index (χ0n) is 13.1. The van der Waals surface area contributed by atoms with Gasteiger partial charge in [-0.05, 0) is 29.7 Å². The molecule has 122 valence electrons. The van der Waals surface area contributed by atoms with E-state index in [1.54, 1.807) is 16.7 Å². The van der Waals surface area contributed by atoms with Gasteiger partial charge in [-0.25, -0.2) is 0 Å². The van der Waals surface area contributed by atoms with Gasteiger partial charge in [-0.3, -0.25) is 9.36 Å². The molecule has 0 bridgehead atoms. The second-order valence-electron chi connectivity index (χ2n) is 6.13. The number of hydroxylamine groups is 2. The fraction of sp³-hybridized carbons (Fsp3) is 0.211. The second kappa shape index (κ2) is 5.78. The lowest BCUT2D eigenvalue weighted by Crippen LogP contribution is -2.30. The molecular formula is C19H18N2O3. The monoisotopic (exact) mass is 322 g/mol.